The van der Waals surface area contributed by atoms with Gasteiger partial charge in [0.2, 0.25) is 0 Å². The Morgan fingerprint density at radius 3 is 1.72 bits per heavy atom. The largest absolute Gasteiger partial charge is 0.489 e. The Labute approximate surface area is 168 Å². The molecule has 0 unspecified atom stereocenters. The van der Waals surface area contributed by atoms with Gasteiger partial charge in [-0.05, 0) is 23.3 Å². The van der Waals surface area contributed by atoms with Crippen LogP contribution in [0.1, 0.15) is 27.0 Å². The summed E-state index contributed by atoms with van der Waals surface area (Å²) in [5, 5.41) is 18.8. The average Bonchev–Trinajstić information content (AvgIpc) is 2.72. The Balaban J connectivity index is 1.89. The predicted molar refractivity (Wildman–Crippen MR) is 106 cm³/mol. The number of rotatable bonds is 9. The summed E-state index contributed by atoms with van der Waals surface area (Å²) >= 11 is 0. The normalized spacial score (nSPS) is 10.3. The molecule has 2 N–H and O–H groups in total. The van der Waals surface area contributed by atoms with Crippen molar-refractivity contribution in [1.82, 2.24) is 0 Å². The van der Waals surface area contributed by atoms with Gasteiger partial charge >= 0.3 is 11.9 Å². The van der Waals surface area contributed by atoms with Crippen LogP contribution in [0.3, 0.4) is 0 Å². The molecule has 0 aromatic heterocycles. The highest BCUT2D eigenvalue weighted by Gasteiger charge is 2.19. The van der Waals surface area contributed by atoms with Crippen molar-refractivity contribution >= 4 is 11.9 Å². The SMILES string of the molecule is O=C(O)Cc1cc(OCc2ccccc2)c(C(=O)O)cc1OCc1ccccc1. The summed E-state index contributed by atoms with van der Waals surface area (Å²) in [6, 6.07) is 21.4. The molecule has 0 radical (unpaired) electrons. The second-order valence-electron chi connectivity index (χ2n) is 6.38. The van der Waals surface area contributed by atoms with Gasteiger partial charge in [0.15, 0.2) is 0 Å². The molecule has 0 heterocycles. The van der Waals surface area contributed by atoms with Crippen molar-refractivity contribution < 1.29 is 29.3 Å². The van der Waals surface area contributed by atoms with E-state index in [1.807, 2.05) is 60.7 Å². The fourth-order valence-electron chi connectivity index (χ4n) is 2.79. The predicted octanol–water partition coefficient (Wildman–Crippen LogP) is 4.17. The van der Waals surface area contributed by atoms with Crippen LogP contribution in [0.25, 0.3) is 0 Å². The van der Waals surface area contributed by atoms with Crippen molar-refractivity contribution in [3.63, 3.8) is 0 Å². The lowest BCUT2D eigenvalue weighted by molar-refractivity contribution is -0.136. The lowest BCUT2D eigenvalue weighted by Crippen LogP contribution is -2.09. The van der Waals surface area contributed by atoms with Crippen LogP contribution in [0.2, 0.25) is 0 Å². The van der Waals surface area contributed by atoms with Crippen LogP contribution >= 0.6 is 0 Å². The first-order valence-electron chi connectivity index (χ1n) is 8.98. The molecule has 6 heteroatoms. The van der Waals surface area contributed by atoms with Gasteiger partial charge in [0.05, 0.1) is 6.42 Å². The van der Waals surface area contributed by atoms with Crippen LogP contribution in [-0.4, -0.2) is 22.2 Å². The average molecular weight is 392 g/mol. The number of hydrogen-bond donors (Lipinski definition) is 2. The maximum Gasteiger partial charge on any atom is 0.339 e. The third-order valence-electron chi connectivity index (χ3n) is 4.21. The van der Waals surface area contributed by atoms with E-state index >= 15 is 0 Å². The molecular weight excluding hydrogens is 372 g/mol. The van der Waals surface area contributed by atoms with E-state index in [0.717, 1.165) is 11.1 Å². The molecule has 0 spiro atoms. The second-order valence-corrected chi connectivity index (χ2v) is 6.38. The van der Waals surface area contributed by atoms with Crippen molar-refractivity contribution in [2.45, 2.75) is 19.6 Å². The molecule has 3 aromatic carbocycles. The van der Waals surface area contributed by atoms with Crippen molar-refractivity contribution in [2.24, 2.45) is 0 Å². The van der Waals surface area contributed by atoms with E-state index in [9.17, 15) is 19.8 Å². The van der Waals surface area contributed by atoms with Gasteiger partial charge in [0, 0.05) is 5.56 Å². The maximum atomic E-state index is 11.7. The van der Waals surface area contributed by atoms with E-state index in [0.29, 0.717) is 5.56 Å². The molecule has 0 fully saturated rings. The van der Waals surface area contributed by atoms with Crippen LogP contribution < -0.4 is 9.47 Å². The Bertz CT molecular complexity index is 983. The highest BCUT2D eigenvalue weighted by molar-refractivity contribution is 5.92. The fraction of sp³-hybridized carbons (Fsp3) is 0.130. The molecule has 0 saturated heterocycles. The van der Waals surface area contributed by atoms with Gasteiger partial charge in [0.25, 0.3) is 0 Å². The van der Waals surface area contributed by atoms with Crippen molar-refractivity contribution in [3.8, 4) is 11.5 Å². The van der Waals surface area contributed by atoms with E-state index in [4.69, 9.17) is 9.47 Å². The summed E-state index contributed by atoms with van der Waals surface area (Å²) in [4.78, 5) is 23.0. The summed E-state index contributed by atoms with van der Waals surface area (Å²) < 4.78 is 11.4. The minimum absolute atomic E-state index is 0.0851. The number of aliphatic carboxylic acids is 1. The number of benzene rings is 3. The van der Waals surface area contributed by atoms with Crippen LogP contribution in [0.5, 0.6) is 11.5 Å². The molecule has 0 bridgehead atoms. The van der Waals surface area contributed by atoms with Crippen molar-refractivity contribution in [2.75, 3.05) is 0 Å². The first-order valence-corrected chi connectivity index (χ1v) is 8.98. The lowest BCUT2D eigenvalue weighted by Gasteiger charge is -2.16. The Morgan fingerprint density at radius 2 is 1.24 bits per heavy atom. The zero-order valence-electron chi connectivity index (χ0n) is 15.6. The molecule has 0 saturated carbocycles. The molecule has 0 amide bonds. The number of aromatic carboxylic acids is 1. The van der Waals surface area contributed by atoms with Crippen molar-refractivity contribution in [1.29, 1.82) is 0 Å². The summed E-state index contributed by atoms with van der Waals surface area (Å²) in [6.07, 6.45) is -0.314. The molecule has 0 aliphatic rings. The summed E-state index contributed by atoms with van der Waals surface area (Å²) in [5.41, 5.74) is 2.02. The van der Waals surface area contributed by atoms with Gasteiger partial charge in [-0.25, -0.2) is 4.79 Å². The van der Waals surface area contributed by atoms with Gasteiger partial charge in [-0.3, -0.25) is 4.79 Å². The zero-order valence-corrected chi connectivity index (χ0v) is 15.6. The topological polar surface area (TPSA) is 93.1 Å². The summed E-state index contributed by atoms with van der Waals surface area (Å²) in [5.74, 6) is -1.92. The van der Waals surface area contributed by atoms with Crippen LogP contribution in [0, 0.1) is 0 Å². The Kier molecular flexibility index (Phi) is 6.47. The van der Waals surface area contributed by atoms with E-state index in [2.05, 4.69) is 0 Å². The standard InChI is InChI=1S/C23H20O6/c24-22(25)12-18-11-21(29-15-17-9-5-2-6-10-17)19(23(26)27)13-20(18)28-14-16-7-3-1-4-8-16/h1-11,13H,12,14-15H2,(H,24,25)(H,26,27). The Morgan fingerprint density at radius 1 is 0.724 bits per heavy atom. The molecular formula is C23H20O6. The molecule has 0 aliphatic carbocycles. The van der Waals surface area contributed by atoms with Gasteiger partial charge < -0.3 is 19.7 Å². The smallest absolute Gasteiger partial charge is 0.339 e. The minimum Gasteiger partial charge on any atom is -0.489 e. The first kappa shape index (κ1) is 19.9. The molecule has 148 valence electrons. The number of hydrogen-bond acceptors (Lipinski definition) is 4. The van der Waals surface area contributed by atoms with Crippen LogP contribution in [0.4, 0.5) is 0 Å². The van der Waals surface area contributed by atoms with Gasteiger partial charge in [0.1, 0.15) is 30.3 Å². The van der Waals surface area contributed by atoms with E-state index in [1.54, 1.807) is 0 Å². The third kappa shape index (κ3) is 5.59. The number of carboxylic acid groups (broad SMARTS) is 2. The number of ether oxygens (including phenoxy) is 2. The van der Waals surface area contributed by atoms with E-state index in [-0.39, 0.29) is 36.7 Å². The van der Waals surface area contributed by atoms with Gasteiger partial charge in [-0.15, -0.1) is 0 Å². The highest BCUT2D eigenvalue weighted by atomic mass is 16.5. The third-order valence-corrected chi connectivity index (χ3v) is 4.21. The van der Waals surface area contributed by atoms with E-state index in [1.165, 1.54) is 12.1 Å². The quantitative estimate of drug-likeness (QED) is 0.568. The Hall–Kier alpha value is -3.80. The molecule has 3 aromatic rings. The zero-order chi connectivity index (χ0) is 20.6. The maximum absolute atomic E-state index is 11.7. The van der Waals surface area contributed by atoms with Crippen LogP contribution in [-0.2, 0) is 24.4 Å². The highest BCUT2D eigenvalue weighted by Crippen LogP contribution is 2.31. The molecule has 0 aliphatic heterocycles. The monoisotopic (exact) mass is 392 g/mol. The summed E-state index contributed by atoms with van der Waals surface area (Å²) in [7, 11) is 0. The fourth-order valence-corrected chi connectivity index (χ4v) is 2.79. The molecule has 0 atom stereocenters. The number of carboxylic acids is 2. The van der Waals surface area contributed by atoms with Gasteiger partial charge in [-0.1, -0.05) is 60.7 Å². The van der Waals surface area contributed by atoms with Crippen molar-refractivity contribution in [3.05, 3.63) is 95.1 Å². The first-order chi connectivity index (χ1) is 14.0. The number of carbonyl (C=O) groups is 2. The summed E-state index contributed by atoms with van der Waals surface area (Å²) in [6.45, 7) is 0.356. The molecule has 6 nitrogen and oxygen atoms in total. The van der Waals surface area contributed by atoms with Crippen LogP contribution in [0.15, 0.2) is 72.8 Å². The van der Waals surface area contributed by atoms with Gasteiger partial charge in [-0.2, -0.15) is 0 Å². The molecule has 29 heavy (non-hydrogen) atoms. The second kappa shape index (κ2) is 9.41. The van der Waals surface area contributed by atoms with E-state index < -0.39 is 11.9 Å². The molecule has 3 rings (SSSR count). The lowest BCUT2D eigenvalue weighted by atomic mass is 10.1. The minimum atomic E-state index is -1.18.